The SMILES string of the molecule is COCCN(Cc1ccccc1)C1CC(C(=O)N2CCNCC2)N(C(=O)c2cccs2)C1. The molecule has 0 aliphatic carbocycles. The van der Waals surface area contributed by atoms with Crippen molar-refractivity contribution < 1.29 is 14.3 Å². The maximum atomic E-state index is 13.5. The molecule has 1 aromatic heterocycles. The summed E-state index contributed by atoms with van der Waals surface area (Å²) in [4.78, 5) is 33.6. The fraction of sp³-hybridized carbons (Fsp3) is 0.500. The zero-order chi connectivity index (χ0) is 22.3. The Labute approximate surface area is 193 Å². The Morgan fingerprint density at radius 1 is 1.16 bits per heavy atom. The first-order valence-electron chi connectivity index (χ1n) is 11.3. The standard InChI is InChI=1S/C24H32N4O3S/c1-31-14-13-27(17-19-6-3-2-4-7-19)20-16-21(23(29)26-11-9-25-10-12-26)28(18-20)24(30)22-8-5-15-32-22/h2-8,15,20-21,25H,9-14,16-18H2,1H3. The van der Waals surface area contributed by atoms with Crippen molar-refractivity contribution in [3.05, 3.63) is 58.3 Å². The van der Waals surface area contributed by atoms with E-state index in [0.29, 0.717) is 37.5 Å². The summed E-state index contributed by atoms with van der Waals surface area (Å²) in [6.45, 7) is 5.67. The lowest BCUT2D eigenvalue weighted by Crippen LogP contribution is -2.53. The lowest BCUT2D eigenvalue weighted by Gasteiger charge is -2.32. The summed E-state index contributed by atoms with van der Waals surface area (Å²) in [7, 11) is 1.71. The summed E-state index contributed by atoms with van der Waals surface area (Å²) in [5, 5.41) is 5.21. The molecule has 2 fully saturated rings. The molecule has 2 aliphatic heterocycles. The number of hydrogen-bond acceptors (Lipinski definition) is 6. The average molecular weight is 457 g/mol. The Hall–Kier alpha value is -2.26. The molecule has 0 spiro atoms. The molecule has 8 heteroatoms. The fourth-order valence-electron chi connectivity index (χ4n) is 4.59. The molecule has 7 nitrogen and oxygen atoms in total. The maximum Gasteiger partial charge on any atom is 0.264 e. The zero-order valence-corrected chi connectivity index (χ0v) is 19.4. The third-order valence-electron chi connectivity index (χ3n) is 6.31. The molecular weight excluding hydrogens is 424 g/mol. The van der Waals surface area contributed by atoms with Gasteiger partial charge in [-0.3, -0.25) is 14.5 Å². The van der Waals surface area contributed by atoms with E-state index < -0.39 is 6.04 Å². The van der Waals surface area contributed by atoms with E-state index in [0.717, 1.165) is 26.2 Å². The van der Waals surface area contributed by atoms with Crippen molar-refractivity contribution in [1.82, 2.24) is 20.0 Å². The Kier molecular flexibility index (Phi) is 7.91. The largest absolute Gasteiger partial charge is 0.383 e. The summed E-state index contributed by atoms with van der Waals surface area (Å²) in [6, 6.07) is 13.8. The van der Waals surface area contributed by atoms with Crippen molar-refractivity contribution >= 4 is 23.2 Å². The smallest absolute Gasteiger partial charge is 0.264 e. The highest BCUT2D eigenvalue weighted by Crippen LogP contribution is 2.28. The van der Waals surface area contributed by atoms with Crippen molar-refractivity contribution in [3.63, 3.8) is 0 Å². The molecule has 172 valence electrons. The quantitative estimate of drug-likeness (QED) is 0.658. The number of amides is 2. The van der Waals surface area contributed by atoms with Crippen LogP contribution in [-0.4, -0.2) is 91.6 Å². The van der Waals surface area contributed by atoms with Crippen LogP contribution in [0.3, 0.4) is 0 Å². The number of hydrogen-bond donors (Lipinski definition) is 1. The molecular formula is C24H32N4O3S. The van der Waals surface area contributed by atoms with Crippen molar-refractivity contribution in [3.8, 4) is 0 Å². The molecule has 0 bridgehead atoms. The summed E-state index contributed by atoms with van der Waals surface area (Å²) in [6.07, 6.45) is 0.649. The molecule has 2 aromatic rings. The van der Waals surface area contributed by atoms with E-state index in [9.17, 15) is 9.59 Å². The van der Waals surface area contributed by atoms with Crippen molar-refractivity contribution in [2.24, 2.45) is 0 Å². The number of methoxy groups -OCH3 is 1. The second-order valence-electron chi connectivity index (χ2n) is 8.36. The van der Waals surface area contributed by atoms with E-state index in [1.54, 1.807) is 7.11 Å². The maximum absolute atomic E-state index is 13.5. The van der Waals surface area contributed by atoms with Crippen LogP contribution >= 0.6 is 11.3 Å². The number of nitrogens with zero attached hydrogens (tertiary/aromatic N) is 3. The minimum absolute atomic E-state index is 0.0395. The number of nitrogens with one attached hydrogen (secondary N) is 1. The van der Waals surface area contributed by atoms with Gasteiger partial charge in [-0.2, -0.15) is 0 Å². The van der Waals surface area contributed by atoms with Crippen molar-refractivity contribution in [2.75, 3.05) is 53.0 Å². The molecule has 3 heterocycles. The third-order valence-corrected chi connectivity index (χ3v) is 7.17. The Bertz CT molecular complexity index is 871. The molecule has 2 aliphatic rings. The Morgan fingerprint density at radius 2 is 1.94 bits per heavy atom. The van der Waals surface area contributed by atoms with Gasteiger partial charge in [0.05, 0.1) is 11.5 Å². The van der Waals surface area contributed by atoms with E-state index in [4.69, 9.17) is 4.74 Å². The highest BCUT2D eigenvalue weighted by atomic mass is 32.1. The van der Waals surface area contributed by atoms with Gasteiger partial charge in [0.25, 0.3) is 5.91 Å². The highest BCUT2D eigenvalue weighted by molar-refractivity contribution is 7.12. The number of likely N-dealkylation sites (tertiary alicyclic amines) is 1. The van der Waals surface area contributed by atoms with Gasteiger partial charge in [-0.15, -0.1) is 11.3 Å². The number of ether oxygens (including phenoxy) is 1. The first-order valence-corrected chi connectivity index (χ1v) is 12.2. The minimum atomic E-state index is -0.423. The monoisotopic (exact) mass is 456 g/mol. The van der Waals surface area contributed by atoms with E-state index in [-0.39, 0.29) is 17.9 Å². The van der Waals surface area contributed by atoms with E-state index in [2.05, 4.69) is 22.3 Å². The fourth-order valence-corrected chi connectivity index (χ4v) is 5.27. The van der Waals surface area contributed by atoms with E-state index >= 15 is 0 Å². The van der Waals surface area contributed by atoms with Crippen molar-refractivity contribution in [1.29, 1.82) is 0 Å². The lowest BCUT2D eigenvalue weighted by atomic mass is 10.1. The van der Waals surface area contributed by atoms with Crippen LogP contribution in [-0.2, 0) is 16.1 Å². The van der Waals surface area contributed by atoms with Gasteiger partial charge >= 0.3 is 0 Å². The van der Waals surface area contributed by atoms with Crippen molar-refractivity contribution in [2.45, 2.75) is 25.0 Å². The van der Waals surface area contributed by atoms with Crippen LogP contribution in [0.25, 0.3) is 0 Å². The van der Waals surface area contributed by atoms with Gasteiger partial charge in [0.1, 0.15) is 6.04 Å². The number of piperazine rings is 1. The first-order chi connectivity index (χ1) is 15.7. The number of benzene rings is 1. The van der Waals surface area contributed by atoms with Gasteiger partial charge < -0.3 is 19.9 Å². The molecule has 2 saturated heterocycles. The van der Waals surface area contributed by atoms with Crippen LogP contribution in [0.5, 0.6) is 0 Å². The molecule has 2 atom stereocenters. The second kappa shape index (κ2) is 11.0. The van der Waals surface area contributed by atoms with Crippen LogP contribution in [0.2, 0.25) is 0 Å². The van der Waals surface area contributed by atoms with Crippen LogP contribution in [0.15, 0.2) is 47.8 Å². The van der Waals surface area contributed by atoms with Crippen LogP contribution in [0.1, 0.15) is 21.7 Å². The summed E-state index contributed by atoms with van der Waals surface area (Å²) < 4.78 is 5.37. The minimum Gasteiger partial charge on any atom is -0.383 e. The Morgan fingerprint density at radius 3 is 2.62 bits per heavy atom. The van der Waals surface area contributed by atoms with Gasteiger partial charge in [0, 0.05) is 59.0 Å². The predicted octanol–water partition coefficient (Wildman–Crippen LogP) is 1.91. The summed E-state index contributed by atoms with van der Waals surface area (Å²) in [5.41, 5.74) is 1.22. The average Bonchev–Trinajstić information content (AvgIpc) is 3.53. The van der Waals surface area contributed by atoms with E-state index in [1.165, 1.54) is 16.9 Å². The van der Waals surface area contributed by atoms with Gasteiger partial charge in [-0.25, -0.2) is 0 Å². The summed E-state index contributed by atoms with van der Waals surface area (Å²) >= 11 is 1.43. The highest BCUT2D eigenvalue weighted by Gasteiger charge is 2.43. The lowest BCUT2D eigenvalue weighted by molar-refractivity contribution is -0.135. The molecule has 1 aromatic carbocycles. The first kappa shape index (κ1) is 22.9. The van der Waals surface area contributed by atoms with Gasteiger partial charge in [-0.05, 0) is 23.4 Å². The molecule has 0 saturated carbocycles. The van der Waals surface area contributed by atoms with Crippen LogP contribution in [0, 0.1) is 0 Å². The number of carbonyl (C=O) groups excluding carboxylic acids is 2. The molecule has 0 radical (unpaired) electrons. The topological polar surface area (TPSA) is 65.1 Å². The van der Waals surface area contributed by atoms with E-state index in [1.807, 2.05) is 45.5 Å². The number of thiophene rings is 1. The number of carbonyl (C=O) groups is 2. The van der Waals surface area contributed by atoms with Crippen LogP contribution < -0.4 is 5.32 Å². The predicted molar refractivity (Wildman–Crippen MR) is 126 cm³/mol. The van der Waals surface area contributed by atoms with Gasteiger partial charge in [0.15, 0.2) is 0 Å². The molecule has 4 rings (SSSR count). The number of rotatable bonds is 8. The molecule has 2 amide bonds. The Balaban J connectivity index is 1.56. The van der Waals surface area contributed by atoms with Gasteiger partial charge in [-0.1, -0.05) is 36.4 Å². The van der Waals surface area contributed by atoms with Gasteiger partial charge in [0.2, 0.25) is 5.91 Å². The second-order valence-corrected chi connectivity index (χ2v) is 9.31. The molecule has 32 heavy (non-hydrogen) atoms. The molecule has 1 N–H and O–H groups in total. The van der Waals surface area contributed by atoms with Crippen LogP contribution in [0.4, 0.5) is 0 Å². The summed E-state index contributed by atoms with van der Waals surface area (Å²) in [5.74, 6) is 0.0349. The zero-order valence-electron chi connectivity index (χ0n) is 18.6. The normalized spacial score (nSPS) is 21.3. The molecule has 2 unspecified atom stereocenters. The third kappa shape index (κ3) is 5.38.